The van der Waals surface area contributed by atoms with E-state index in [1.807, 2.05) is 35.2 Å². The predicted molar refractivity (Wildman–Crippen MR) is 101 cm³/mol. The monoisotopic (exact) mass is 356 g/mol. The minimum absolute atomic E-state index is 0.122. The molecule has 26 heavy (non-hydrogen) atoms. The third-order valence-corrected chi connectivity index (χ3v) is 5.70. The van der Waals surface area contributed by atoms with Gasteiger partial charge in [-0.3, -0.25) is 9.59 Å². The number of piperidine rings is 1. The Balaban J connectivity index is 1.57. The number of nitrogens with one attached hydrogen (secondary N) is 1. The van der Waals surface area contributed by atoms with Crippen LogP contribution in [0, 0.1) is 5.92 Å². The molecule has 0 bridgehead atoms. The molecule has 2 amide bonds. The molecule has 1 aromatic rings. The van der Waals surface area contributed by atoms with Crippen molar-refractivity contribution >= 4 is 11.8 Å². The smallest absolute Gasteiger partial charge is 0.243 e. The lowest BCUT2D eigenvalue weighted by atomic mass is 9.78. The zero-order valence-corrected chi connectivity index (χ0v) is 15.3. The Hall–Kier alpha value is -2.14. The van der Waals surface area contributed by atoms with Crippen molar-refractivity contribution in [1.29, 1.82) is 0 Å². The van der Waals surface area contributed by atoms with Crippen LogP contribution >= 0.6 is 0 Å². The molecule has 2 aliphatic rings. The first-order chi connectivity index (χ1) is 12.7. The Morgan fingerprint density at radius 2 is 2.00 bits per heavy atom. The lowest BCUT2D eigenvalue weighted by molar-refractivity contribution is -0.139. The second kappa shape index (κ2) is 8.49. The van der Waals surface area contributed by atoms with Crippen LogP contribution in [0.1, 0.15) is 31.2 Å². The van der Waals surface area contributed by atoms with Crippen LogP contribution in [0.25, 0.3) is 0 Å². The maximum atomic E-state index is 13.3. The molecule has 5 nitrogen and oxygen atoms in total. The van der Waals surface area contributed by atoms with Gasteiger partial charge in [0, 0.05) is 26.2 Å². The van der Waals surface area contributed by atoms with Gasteiger partial charge in [0.2, 0.25) is 11.8 Å². The van der Waals surface area contributed by atoms with E-state index in [-0.39, 0.29) is 11.8 Å². The number of nitrogens with zero attached hydrogens (tertiary/aromatic N) is 1. The highest BCUT2D eigenvalue weighted by molar-refractivity contribution is 5.89. The molecule has 0 radical (unpaired) electrons. The highest BCUT2D eigenvalue weighted by Gasteiger charge is 2.46. The lowest BCUT2D eigenvalue weighted by Gasteiger charge is -2.38. The molecule has 5 heteroatoms. The molecule has 2 heterocycles. The summed E-state index contributed by atoms with van der Waals surface area (Å²) in [6.07, 6.45) is 4.98. The van der Waals surface area contributed by atoms with Gasteiger partial charge in [0.15, 0.2) is 0 Å². The number of benzene rings is 1. The predicted octanol–water partition coefficient (Wildman–Crippen LogP) is 2.28. The van der Waals surface area contributed by atoms with Crippen molar-refractivity contribution < 1.29 is 14.3 Å². The van der Waals surface area contributed by atoms with E-state index in [4.69, 9.17) is 4.74 Å². The lowest BCUT2D eigenvalue weighted by Crippen LogP contribution is -2.50. The number of likely N-dealkylation sites (tertiary alicyclic amines) is 1. The maximum absolute atomic E-state index is 13.3. The van der Waals surface area contributed by atoms with Gasteiger partial charge in [0.05, 0.1) is 12.0 Å². The SMILES string of the molecule is C=CC(=O)NCCC1CCN(C(=O)C2(c3ccccc3)CCOC2)CC1. The molecule has 2 aliphatic heterocycles. The highest BCUT2D eigenvalue weighted by Crippen LogP contribution is 2.36. The third kappa shape index (κ3) is 3.98. The highest BCUT2D eigenvalue weighted by atomic mass is 16.5. The summed E-state index contributed by atoms with van der Waals surface area (Å²) < 4.78 is 5.64. The summed E-state index contributed by atoms with van der Waals surface area (Å²) in [5, 5.41) is 2.83. The number of carbonyl (C=O) groups excluding carboxylic acids is 2. The van der Waals surface area contributed by atoms with Gasteiger partial charge in [0.25, 0.3) is 0 Å². The van der Waals surface area contributed by atoms with E-state index >= 15 is 0 Å². The fourth-order valence-corrected chi connectivity index (χ4v) is 4.04. The summed E-state index contributed by atoms with van der Waals surface area (Å²) in [5.74, 6) is 0.639. The molecule has 0 saturated carbocycles. The van der Waals surface area contributed by atoms with Gasteiger partial charge in [-0.1, -0.05) is 36.9 Å². The first-order valence-corrected chi connectivity index (χ1v) is 9.48. The van der Waals surface area contributed by atoms with E-state index in [9.17, 15) is 9.59 Å². The molecule has 0 aliphatic carbocycles. The van der Waals surface area contributed by atoms with Crippen molar-refractivity contribution in [3.05, 3.63) is 48.6 Å². The van der Waals surface area contributed by atoms with Crippen LogP contribution in [-0.4, -0.2) is 49.6 Å². The number of amides is 2. The van der Waals surface area contributed by atoms with Crippen molar-refractivity contribution in [3.8, 4) is 0 Å². The Morgan fingerprint density at radius 3 is 2.62 bits per heavy atom. The van der Waals surface area contributed by atoms with E-state index < -0.39 is 5.41 Å². The third-order valence-electron chi connectivity index (χ3n) is 5.70. The molecular weight excluding hydrogens is 328 g/mol. The first kappa shape index (κ1) is 18.6. The van der Waals surface area contributed by atoms with E-state index in [0.29, 0.717) is 25.7 Å². The number of ether oxygens (including phenoxy) is 1. The molecule has 140 valence electrons. The zero-order valence-electron chi connectivity index (χ0n) is 15.3. The van der Waals surface area contributed by atoms with Gasteiger partial charge in [-0.05, 0) is 43.2 Å². The van der Waals surface area contributed by atoms with Crippen LogP contribution in [0.2, 0.25) is 0 Å². The molecular formula is C21H28N2O3. The summed E-state index contributed by atoms with van der Waals surface area (Å²) in [6, 6.07) is 10.1. The summed E-state index contributed by atoms with van der Waals surface area (Å²) in [4.78, 5) is 26.6. The van der Waals surface area contributed by atoms with Crippen molar-refractivity contribution in [2.24, 2.45) is 5.92 Å². The first-order valence-electron chi connectivity index (χ1n) is 9.48. The Kier molecular flexibility index (Phi) is 6.09. The van der Waals surface area contributed by atoms with Crippen LogP contribution in [0.5, 0.6) is 0 Å². The van der Waals surface area contributed by atoms with E-state index in [0.717, 1.165) is 44.3 Å². The van der Waals surface area contributed by atoms with Crippen LogP contribution in [-0.2, 0) is 19.7 Å². The van der Waals surface area contributed by atoms with Crippen LogP contribution < -0.4 is 5.32 Å². The number of rotatable bonds is 6. The minimum Gasteiger partial charge on any atom is -0.380 e. The molecule has 1 N–H and O–H groups in total. The molecule has 1 atom stereocenters. The van der Waals surface area contributed by atoms with Crippen molar-refractivity contribution in [2.45, 2.75) is 31.1 Å². The largest absolute Gasteiger partial charge is 0.380 e. The summed E-state index contributed by atoms with van der Waals surface area (Å²) in [7, 11) is 0. The molecule has 0 spiro atoms. The molecule has 2 saturated heterocycles. The molecule has 0 aromatic heterocycles. The average Bonchev–Trinajstić information content (AvgIpc) is 3.19. The summed E-state index contributed by atoms with van der Waals surface area (Å²) in [5.41, 5.74) is 0.545. The van der Waals surface area contributed by atoms with Gasteiger partial charge in [-0.25, -0.2) is 0 Å². The number of hydrogen-bond acceptors (Lipinski definition) is 3. The topological polar surface area (TPSA) is 58.6 Å². The van der Waals surface area contributed by atoms with E-state index in [2.05, 4.69) is 11.9 Å². The minimum atomic E-state index is -0.522. The number of carbonyl (C=O) groups is 2. The van der Waals surface area contributed by atoms with Crippen LogP contribution in [0.15, 0.2) is 43.0 Å². The van der Waals surface area contributed by atoms with Crippen LogP contribution in [0.4, 0.5) is 0 Å². The zero-order chi connectivity index (χ0) is 18.4. The normalized spacial score (nSPS) is 23.6. The van der Waals surface area contributed by atoms with Gasteiger partial charge in [0.1, 0.15) is 0 Å². The van der Waals surface area contributed by atoms with E-state index in [1.165, 1.54) is 6.08 Å². The Morgan fingerprint density at radius 1 is 1.27 bits per heavy atom. The van der Waals surface area contributed by atoms with Crippen molar-refractivity contribution in [3.63, 3.8) is 0 Å². The second-order valence-corrected chi connectivity index (χ2v) is 7.27. The molecule has 2 fully saturated rings. The van der Waals surface area contributed by atoms with Gasteiger partial charge >= 0.3 is 0 Å². The van der Waals surface area contributed by atoms with E-state index in [1.54, 1.807) is 0 Å². The average molecular weight is 356 g/mol. The molecule has 1 aromatic carbocycles. The Bertz CT molecular complexity index is 630. The quantitative estimate of drug-likeness (QED) is 0.796. The van der Waals surface area contributed by atoms with Gasteiger partial charge in [-0.15, -0.1) is 0 Å². The van der Waals surface area contributed by atoms with Crippen LogP contribution in [0.3, 0.4) is 0 Å². The van der Waals surface area contributed by atoms with Crippen molar-refractivity contribution in [2.75, 3.05) is 32.8 Å². The molecule has 1 unspecified atom stereocenters. The second-order valence-electron chi connectivity index (χ2n) is 7.27. The standard InChI is InChI=1S/C21H28N2O3/c1-2-19(24)22-12-8-17-9-13-23(14-10-17)20(25)21(11-15-26-16-21)18-6-4-3-5-7-18/h2-7,17H,1,8-16H2,(H,22,24). The Labute approximate surface area is 155 Å². The number of hydrogen-bond donors (Lipinski definition) is 1. The fraction of sp³-hybridized carbons (Fsp3) is 0.524. The molecule has 3 rings (SSSR count). The maximum Gasteiger partial charge on any atom is 0.243 e. The fourth-order valence-electron chi connectivity index (χ4n) is 4.04. The summed E-state index contributed by atoms with van der Waals surface area (Å²) >= 11 is 0. The van der Waals surface area contributed by atoms with Crippen molar-refractivity contribution in [1.82, 2.24) is 10.2 Å². The summed E-state index contributed by atoms with van der Waals surface area (Å²) in [6.45, 7) is 6.81. The van der Waals surface area contributed by atoms with Gasteiger partial charge < -0.3 is 15.0 Å². The van der Waals surface area contributed by atoms with Gasteiger partial charge in [-0.2, -0.15) is 0 Å².